The van der Waals surface area contributed by atoms with Crippen LogP contribution in [0.15, 0.2) is 60.7 Å². The predicted molar refractivity (Wildman–Crippen MR) is 140 cm³/mol. The zero-order valence-electron chi connectivity index (χ0n) is 19.6. The molecule has 0 bridgehead atoms. The lowest BCUT2D eigenvalue weighted by Crippen LogP contribution is -2.41. The van der Waals surface area contributed by atoms with Gasteiger partial charge in [0.15, 0.2) is 0 Å². The van der Waals surface area contributed by atoms with Crippen LogP contribution in [0.5, 0.6) is 0 Å². The second-order valence-corrected chi connectivity index (χ2v) is 9.48. The van der Waals surface area contributed by atoms with E-state index in [1.54, 1.807) is 0 Å². The summed E-state index contributed by atoms with van der Waals surface area (Å²) in [5, 5.41) is 23.9. The van der Waals surface area contributed by atoms with E-state index in [1.807, 2.05) is 65.2 Å². The van der Waals surface area contributed by atoms with Crippen molar-refractivity contribution in [3.63, 3.8) is 0 Å². The minimum atomic E-state index is -0.109. The molecule has 1 aromatic heterocycles. The molecule has 0 spiro atoms. The minimum absolute atomic E-state index is 0.0121. The number of benzene rings is 3. The number of fused-ring (bicyclic) bond motifs is 2. The van der Waals surface area contributed by atoms with Gasteiger partial charge in [0.05, 0.1) is 6.61 Å². The zero-order valence-corrected chi connectivity index (χ0v) is 19.6. The van der Waals surface area contributed by atoms with Crippen LogP contribution in [0.25, 0.3) is 21.7 Å². The number of carbonyl (C=O) groups excluding carboxylic acids is 1. The van der Waals surface area contributed by atoms with Crippen molar-refractivity contribution in [2.75, 3.05) is 0 Å². The summed E-state index contributed by atoms with van der Waals surface area (Å²) in [5.41, 5.74) is 15.8. The van der Waals surface area contributed by atoms with Gasteiger partial charge in [-0.1, -0.05) is 48.5 Å². The summed E-state index contributed by atoms with van der Waals surface area (Å²) >= 11 is 0. The van der Waals surface area contributed by atoms with E-state index in [-0.39, 0.29) is 30.4 Å². The van der Waals surface area contributed by atoms with Gasteiger partial charge in [0.1, 0.15) is 11.5 Å². The molecule has 3 aromatic carbocycles. The van der Waals surface area contributed by atoms with Crippen molar-refractivity contribution < 1.29 is 9.90 Å². The number of nitrogens with zero attached hydrogens (tertiary/aromatic N) is 1. The fraction of sp³-hybridized carbons (Fsp3) is 0.286. The summed E-state index contributed by atoms with van der Waals surface area (Å²) in [5.74, 6) is -0.121. The summed E-state index contributed by atoms with van der Waals surface area (Å²) < 4.78 is 2.01. The Bertz CT molecular complexity index is 1420. The lowest BCUT2D eigenvalue weighted by atomic mass is 9.92. The number of carbonyl (C=O) groups is 1. The van der Waals surface area contributed by atoms with Crippen LogP contribution in [0.2, 0.25) is 0 Å². The third kappa shape index (κ3) is 4.52. The van der Waals surface area contributed by atoms with Crippen molar-refractivity contribution >= 4 is 33.4 Å². The van der Waals surface area contributed by atoms with Crippen LogP contribution in [0.4, 0.5) is 0 Å². The summed E-state index contributed by atoms with van der Waals surface area (Å²) in [4.78, 5) is 13.5. The van der Waals surface area contributed by atoms with Crippen molar-refractivity contribution in [3.8, 4) is 0 Å². The molecular formula is C28H31N5O2. The number of nitrogens with two attached hydrogens (primary N) is 2. The third-order valence-electron chi connectivity index (χ3n) is 7.16. The average molecular weight is 470 g/mol. The number of aliphatic hydroxyl groups excluding tert-OH is 1. The van der Waals surface area contributed by atoms with Gasteiger partial charge in [0, 0.05) is 35.1 Å². The Morgan fingerprint density at radius 2 is 1.69 bits per heavy atom. The highest BCUT2D eigenvalue weighted by molar-refractivity contribution is 6.02. The molecule has 0 unspecified atom stereocenters. The van der Waals surface area contributed by atoms with Crippen molar-refractivity contribution in [1.29, 1.82) is 5.41 Å². The van der Waals surface area contributed by atoms with E-state index in [2.05, 4.69) is 5.32 Å². The number of rotatable bonds is 6. The lowest BCUT2D eigenvalue weighted by molar-refractivity contribution is 0.0917. The highest BCUT2D eigenvalue weighted by Gasteiger charge is 2.23. The molecule has 0 atom stereocenters. The second kappa shape index (κ2) is 9.52. The fourth-order valence-corrected chi connectivity index (χ4v) is 5.17. The fourth-order valence-electron chi connectivity index (χ4n) is 5.17. The van der Waals surface area contributed by atoms with E-state index in [1.165, 1.54) is 0 Å². The van der Waals surface area contributed by atoms with Gasteiger partial charge in [-0.25, -0.2) is 0 Å². The number of aliphatic hydroxyl groups is 1. The molecule has 1 aliphatic carbocycles. The maximum absolute atomic E-state index is 13.5. The van der Waals surface area contributed by atoms with E-state index in [4.69, 9.17) is 16.9 Å². The quantitative estimate of drug-likeness (QED) is 0.218. The molecule has 0 saturated heterocycles. The first kappa shape index (κ1) is 23.1. The molecule has 1 heterocycles. The van der Waals surface area contributed by atoms with Crippen LogP contribution < -0.4 is 16.8 Å². The lowest BCUT2D eigenvalue weighted by Gasteiger charge is -2.27. The van der Waals surface area contributed by atoms with Crippen molar-refractivity contribution in [2.24, 2.45) is 11.5 Å². The number of nitrogens with one attached hydrogen (secondary N) is 2. The molecule has 1 amide bonds. The molecule has 0 aliphatic heterocycles. The minimum Gasteiger partial charge on any atom is -0.392 e. The monoisotopic (exact) mass is 469 g/mol. The molecule has 1 fully saturated rings. The maximum atomic E-state index is 13.5. The number of amides is 1. The van der Waals surface area contributed by atoms with E-state index < -0.39 is 0 Å². The Morgan fingerprint density at radius 1 is 1.00 bits per heavy atom. The van der Waals surface area contributed by atoms with Crippen LogP contribution in [-0.2, 0) is 13.2 Å². The number of nitrogen functional groups attached to an aromatic ring is 1. The molecule has 7 N–H and O–H groups in total. The van der Waals surface area contributed by atoms with E-state index in [9.17, 15) is 9.90 Å². The molecule has 1 saturated carbocycles. The smallest absolute Gasteiger partial charge is 0.268 e. The largest absolute Gasteiger partial charge is 0.392 e. The van der Waals surface area contributed by atoms with Gasteiger partial charge in [-0.05, 0) is 59.7 Å². The molecule has 7 heteroatoms. The Balaban J connectivity index is 1.59. The van der Waals surface area contributed by atoms with Gasteiger partial charge in [0.25, 0.3) is 5.91 Å². The Kier molecular flexibility index (Phi) is 6.28. The molecule has 180 valence electrons. The molecule has 7 nitrogen and oxygen atoms in total. The van der Waals surface area contributed by atoms with Crippen molar-refractivity contribution in [2.45, 2.75) is 50.9 Å². The summed E-state index contributed by atoms with van der Waals surface area (Å²) in [6, 6.07) is 19.8. The first-order chi connectivity index (χ1) is 16.9. The average Bonchev–Trinajstić information content (AvgIpc) is 3.23. The van der Waals surface area contributed by atoms with Crippen molar-refractivity contribution in [1.82, 2.24) is 9.88 Å². The van der Waals surface area contributed by atoms with Crippen LogP contribution in [0, 0.1) is 5.41 Å². The molecule has 5 rings (SSSR count). The van der Waals surface area contributed by atoms with Gasteiger partial charge in [-0.15, -0.1) is 0 Å². The van der Waals surface area contributed by atoms with Crippen LogP contribution in [0.3, 0.4) is 0 Å². The summed E-state index contributed by atoms with van der Waals surface area (Å²) in [6.07, 6.45) is 3.60. The number of hydrogen-bond acceptors (Lipinski definition) is 4. The third-order valence-corrected chi connectivity index (χ3v) is 7.16. The predicted octanol–water partition coefficient (Wildman–Crippen LogP) is 3.62. The van der Waals surface area contributed by atoms with Gasteiger partial charge < -0.3 is 26.5 Å². The molecular weight excluding hydrogens is 438 g/mol. The standard InChI is InChI=1S/C28H31N5O2/c29-21-9-11-22(12-10-21)32-28(35)26-13-17-5-6-18(27(30)31)14-25(17)33(26)15-19-7-8-20(16-34)24-4-2-1-3-23(19)24/h1-8,13-14,21-22,34H,9-12,15-16,29H2,(H3,30,31)(H,32,35)/t21-,22-. The highest BCUT2D eigenvalue weighted by atomic mass is 16.3. The van der Waals surface area contributed by atoms with Crippen molar-refractivity contribution in [3.05, 3.63) is 83.0 Å². The first-order valence-corrected chi connectivity index (χ1v) is 12.1. The molecule has 1 aliphatic rings. The van der Waals surface area contributed by atoms with Crippen LogP contribution in [-0.4, -0.2) is 33.5 Å². The summed E-state index contributed by atoms with van der Waals surface area (Å²) in [7, 11) is 0. The van der Waals surface area contributed by atoms with Gasteiger partial charge in [-0.2, -0.15) is 0 Å². The number of hydrogen-bond donors (Lipinski definition) is 5. The second-order valence-electron chi connectivity index (χ2n) is 9.48. The van der Waals surface area contributed by atoms with E-state index in [0.717, 1.165) is 58.5 Å². The SMILES string of the molecule is N=C(N)c1ccc2cc(C(=O)N[C@H]3CC[C@H](N)CC3)n(Cc3ccc(CO)c4ccccc34)c2c1. The normalized spacial score (nSPS) is 18.1. The Hall–Kier alpha value is -3.68. The zero-order chi connectivity index (χ0) is 24.5. The maximum Gasteiger partial charge on any atom is 0.268 e. The Labute approximate surface area is 204 Å². The number of amidine groups is 1. The van der Waals surface area contributed by atoms with Crippen LogP contribution in [0.1, 0.15) is 52.9 Å². The molecule has 0 radical (unpaired) electrons. The molecule has 35 heavy (non-hydrogen) atoms. The first-order valence-electron chi connectivity index (χ1n) is 12.1. The topological polar surface area (TPSA) is 130 Å². The van der Waals surface area contributed by atoms with E-state index >= 15 is 0 Å². The molecule has 4 aromatic rings. The van der Waals surface area contributed by atoms with Crippen LogP contribution >= 0.6 is 0 Å². The highest BCUT2D eigenvalue weighted by Crippen LogP contribution is 2.28. The number of aromatic nitrogens is 1. The Morgan fingerprint density at radius 3 is 2.37 bits per heavy atom. The summed E-state index contributed by atoms with van der Waals surface area (Å²) in [6.45, 7) is 0.434. The van der Waals surface area contributed by atoms with Gasteiger partial charge >= 0.3 is 0 Å². The van der Waals surface area contributed by atoms with Gasteiger partial charge in [0.2, 0.25) is 0 Å². The van der Waals surface area contributed by atoms with Gasteiger partial charge in [-0.3, -0.25) is 10.2 Å². The van der Waals surface area contributed by atoms with E-state index in [0.29, 0.717) is 17.8 Å².